The maximum Gasteiger partial charge on any atom is 0.283 e. The number of hydrogen-bond acceptors (Lipinski definition) is 6. The quantitative estimate of drug-likeness (QED) is 0.786. The van der Waals surface area contributed by atoms with Crippen molar-refractivity contribution in [1.29, 1.82) is 0 Å². The van der Waals surface area contributed by atoms with Crippen LogP contribution in [-0.4, -0.2) is 36.6 Å². The molecule has 0 fully saturated rings. The van der Waals surface area contributed by atoms with E-state index in [1.165, 1.54) is 16.7 Å². The Labute approximate surface area is 172 Å². The van der Waals surface area contributed by atoms with E-state index in [0.29, 0.717) is 28.1 Å². The number of amides is 2. The second-order valence-corrected chi connectivity index (χ2v) is 7.42. The highest BCUT2D eigenvalue weighted by Crippen LogP contribution is 2.34. The molecular formula is C21H19N3O4S. The van der Waals surface area contributed by atoms with Crippen molar-refractivity contribution in [1.82, 2.24) is 5.32 Å². The lowest BCUT2D eigenvalue weighted by Gasteiger charge is -2.17. The van der Waals surface area contributed by atoms with Gasteiger partial charge in [-0.1, -0.05) is 35.5 Å². The van der Waals surface area contributed by atoms with Gasteiger partial charge in [0.25, 0.3) is 5.91 Å². The van der Waals surface area contributed by atoms with Crippen LogP contribution in [0.4, 0.5) is 5.69 Å². The Hall–Kier alpha value is -3.26. The lowest BCUT2D eigenvalue weighted by atomic mass is 10.1. The molecular weight excluding hydrogens is 390 g/mol. The van der Waals surface area contributed by atoms with Crippen LogP contribution in [0.25, 0.3) is 6.08 Å². The summed E-state index contributed by atoms with van der Waals surface area (Å²) >= 11 is 1.22. The number of carbonyl (C=O) groups excluding carboxylic acids is 2. The topological polar surface area (TPSA) is 80.2 Å². The zero-order chi connectivity index (χ0) is 20.4. The molecule has 0 unspecified atom stereocenters. The number of nitrogens with one attached hydrogen (secondary N) is 1. The minimum absolute atomic E-state index is 0.137. The Morgan fingerprint density at radius 3 is 2.72 bits per heavy atom. The van der Waals surface area contributed by atoms with Gasteiger partial charge >= 0.3 is 0 Å². The number of carbonyl (C=O) groups is 2. The number of ether oxygens (including phenoxy) is 2. The molecule has 2 aliphatic heterocycles. The number of rotatable bonds is 4. The van der Waals surface area contributed by atoms with Crippen LogP contribution in [0.3, 0.4) is 0 Å². The summed E-state index contributed by atoms with van der Waals surface area (Å²) in [7, 11) is 1.58. The van der Waals surface area contributed by atoms with Crippen LogP contribution in [0.2, 0.25) is 0 Å². The zero-order valence-corrected chi connectivity index (χ0v) is 16.8. The van der Waals surface area contributed by atoms with Crippen LogP contribution in [-0.2, 0) is 9.59 Å². The first-order valence-corrected chi connectivity index (χ1v) is 9.98. The van der Waals surface area contributed by atoms with Crippen molar-refractivity contribution < 1.29 is 19.1 Å². The van der Waals surface area contributed by atoms with Crippen molar-refractivity contribution in [3.8, 4) is 11.5 Å². The van der Waals surface area contributed by atoms with E-state index in [4.69, 9.17) is 9.47 Å². The fourth-order valence-corrected chi connectivity index (χ4v) is 3.76. The van der Waals surface area contributed by atoms with E-state index in [1.807, 2.05) is 43.3 Å². The molecule has 148 valence electrons. The molecule has 0 spiro atoms. The molecule has 0 saturated carbocycles. The van der Waals surface area contributed by atoms with Crippen LogP contribution in [0, 0.1) is 6.92 Å². The number of fused-ring (bicyclic) bond motifs is 1. The fraction of sp³-hybridized carbons (Fsp3) is 0.190. The number of aliphatic imine (C=N–C) groups is 1. The first-order chi connectivity index (χ1) is 14.0. The lowest BCUT2D eigenvalue weighted by molar-refractivity contribution is -0.118. The lowest BCUT2D eigenvalue weighted by Crippen LogP contribution is -2.31. The predicted molar refractivity (Wildman–Crippen MR) is 113 cm³/mol. The summed E-state index contributed by atoms with van der Waals surface area (Å²) in [5.74, 6) is 1.10. The summed E-state index contributed by atoms with van der Waals surface area (Å²) in [4.78, 5) is 30.9. The molecule has 0 radical (unpaired) electrons. The van der Waals surface area contributed by atoms with Gasteiger partial charge in [0.05, 0.1) is 11.4 Å². The van der Waals surface area contributed by atoms with Crippen molar-refractivity contribution in [3.63, 3.8) is 0 Å². The summed E-state index contributed by atoms with van der Waals surface area (Å²) in [5.41, 5.74) is 2.87. The van der Waals surface area contributed by atoms with E-state index in [0.717, 1.165) is 11.1 Å². The smallest absolute Gasteiger partial charge is 0.283 e. The molecule has 8 heteroatoms. The number of thioether (sulfide) groups is 1. The maximum absolute atomic E-state index is 13.1. The zero-order valence-electron chi connectivity index (χ0n) is 16.0. The second-order valence-electron chi connectivity index (χ2n) is 6.47. The van der Waals surface area contributed by atoms with Crippen LogP contribution in [0.5, 0.6) is 11.5 Å². The summed E-state index contributed by atoms with van der Waals surface area (Å²) in [6, 6.07) is 13.1. The monoisotopic (exact) mass is 409 g/mol. The molecule has 4 rings (SSSR count). The first-order valence-electron chi connectivity index (χ1n) is 8.99. The molecule has 29 heavy (non-hydrogen) atoms. The molecule has 1 N–H and O–H groups in total. The van der Waals surface area contributed by atoms with E-state index >= 15 is 0 Å². The van der Waals surface area contributed by atoms with Crippen molar-refractivity contribution in [2.24, 2.45) is 4.99 Å². The van der Waals surface area contributed by atoms with Gasteiger partial charge in [0.1, 0.15) is 5.70 Å². The normalized spacial score (nSPS) is 16.3. The first kappa shape index (κ1) is 19.1. The number of aryl methyl sites for hydroxylation is 1. The van der Waals surface area contributed by atoms with Crippen LogP contribution < -0.4 is 19.7 Å². The highest BCUT2D eigenvalue weighted by Gasteiger charge is 2.32. The van der Waals surface area contributed by atoms with Gasteiger partial charge in [-0.15, -0.1) is 0 Å². The van der Waals surface area contributed by atoms with Crippen molar-refractivity contribution in [3.05, 3.63) is 59.3 Å². The highest BCUT2D eigenvalue weighted by molar-refractivity contribution is 8.14. The maximum atomic E-state index is 13.1. The van der Waals surface area contributed by atoms with E-state index < -0.39 is 0 Å². The molecule has 0 saturated heterocycles. The Morgan fingerprint density at radius 1 is 1.21 bits per heavy atom. The summed E-state index contributed by atoms with van der Waals surface area (Å²) in [6.07, 6.45) is 1.71. The van der Waals surface area contributed by atoms with Gasteiger partial charge in [-0.2, -0.15) is 0 Å². The molecule has 2 heterocycles. The SMILES string of the molecule is CNC(=O)CSC1=NC(=Cc2ccc3c(c2)OCO3)C(=O)N1c1ccc(C)cc1. The third kappa shape index (κ3) is 3.97. The average Bonchev–Trinajstić information content (AvgIpc) is 3.31. The molecule has 7 nitrogen and oxygen atoms in total. The third-order valence-electron chi connectivity index (χ3n) is 4.43. The fourth-order valence-electron chi connectivity index (χ4n) is 2.88. The number of anilines is 1. The van der Waals surface area contributed by atoms with Crippen molar-refractivity contribution >= 4 is 40.5 Å². The summed E-state index contributed by atoms with van der Waals surface area (Å²) < 4.78 is 10.7. The summed E-state index contributed by atoms with van der Waals surface area (Å²) in [5, 5.41) is 3.05. The average molecular weight is 409 g/mol. The van der Waals surface area contributed by atoms with E-state index in [2.05, 4.69) is 10.3 Å². The van der Waals surface area contributed by atoms with E-state index in [1.54, 1.807) is 19.2 Å². The van der Waals surface area contributed by atoms with Gasteiger partial charge in [0.15, 0.2) is 16.7 Å². The largest absolute Gasteiger partial charge is 0.454 e. The van der Waals surface area contributed by atoms with E-state index in [-0.39, 0.29) is 24.4 Å². The standard InChI is InChI=1S/C21H19N3O4S/c1-13-3-6-15(7-4-13)24-20(26)16(23-21(24)29-11-19(25)22-2)9-14-5-8-17-18(10-14)28-12-27-17/h3-10H,11-12H2,1-2H3,(H,22,25). The molecule has 2 aromatic carbocycles. The van der Waals surface area contributed by atoms with Gasteiger partial charge in [-0.25, -0.2) is 4.99 Å². The van der Waals surface area contributed by atoms with Crippen molar-refractivity contribution in [2.75, 3.05) is 24.5 Å². The van der Waals surface area contributed by atoms with Crippen LogP contribution >= 0.6 is 11.8 Å². The van der Waals surface area contributed by atoms with E-state index in [9.17, 15) is 9.59 Å². The number of benzene rings is 2. The Kier molecular flexibility index (Phi) is 5.26. The van der Waals surface area contributed by atoms with Crippen LogP contribution in [0.15, 0.2) is 53.2 Å². The van der Waals surface area contributed by atoms with Crippen LogP contribution in [0.1, 0.15) is 11.1 Å². The van der Waals surface area contributed by atoms with Gasteiger partial charge in [-0.3, -0.25) is 14.5 Å². The van der Waals surface area contributed by atoms with Crippen molar-refractivity contribution in [2.45, 2.75) is 6.92 Å². The molecule has 0 bridgehead atoms. The molecule has 0 aromatic heterocycles. The third-order valence-corrected chi connectivity index (χ3v) is 5.37. The Balaban J connectivity index is 1.67. The number of nitrogens with zero attached hydrogens (tertiary/aromatic N) is 2. The Bertz CT molecular complexity index is 1030. The second kappa shape index (κ2) is 8.00. The number of hydrogen-bond donors (Lipinski definition) is 1. The molecule has 2 aliphatic rings. The minimum atomic E-state index is -0.245. The predicted octanol–water partition coefficient (Wildman–Crippen LogP) is 2.95. The Morgan fingerprint density at radius 2 is 1.97 bits per heavy atom. The molecule has 0 aliphatic carbocycles. The number of amidine groups is 1. The van der Waals surface area contributed by atoms with Gasteiger partial charge in [0, 0.05) is 7.05 Å². The molecule has 2 aromatic rings. The minimum Gasteiger partial charge on any atom is -0.454 e. The molecule has 2 amide bonds. The van der Waals surface area contributed by atoms with Gasteiger partial charge in [-0.05, 0) is 42.8 Å². The van der Waals surface area contributed by atoms with Gasteiger partial charge < -0.3 is 14.8 Å². The highest BCUT2D eigenvalue weighted by atomic mass is 32.2. The summed E-state index contributed by atoms with van der Waals surface area (Å²) in [6.45, 7) is 2.17. The molecule has 0 atom stereocenters. The van der Waals surface area contributed by atoms with Gasteiger partial charge in [0.2, 0.25) is 12.7 Å².